The number of halogens is 4. The number of guanidine groups is 1. The van der Waals surface area contributed by atoms with E-state index in [-0.39, 0.29) is 48.3 Å². The Kier molecular flexibility index (Phi) is 9.07. The predicted molar refractivity (Wildman–Crippen MR) is 132 cm³/mol. The number of benzene rings is 2. The van der Waals surface area contributed by atoms with Gasteiger partial charge in [-0.2, -0.15) is 0 Å². The van der Waals surface area contributed by atoms with Crippen molar-refractivity contribution >= 4 is 35.6 Å². The summed E-state index contributed by atoms with van der Waals surface area (Å²) in [6.07, 6.45) is 1.23. The Morgan fingerprint density at radius 1 is 1.21 bits per heavy atom. The summed E-state index contributed by atoms with van der Waals surface area (Å²) in [4.78, 5) is 6.31. The number of anilines is 1. The third kappa shape index (κ3) is 6.23. The summed E-state index contributed by atoms with van der Waals surface area (Å²) in [5.74, 6) is -0.158. The molecular weight excluding hydrogens is 548 g/mol. The van der Waals surface area contributed by atoms with Crippen molar-refractivity contribution in [2.24, 2.45) is 4.99 Å². The molecule has 2 aliphatic heterocycles. The summed E-state index contributed by atoms with van der Waals surface area (Å²) < 4.78 is 52.9. The first-order valence-corrected chi connectivity index (χ1v) is 10.8. The Bertz CT molecular complexity index is 972. The van der Waals surface area contributed by atoms with E-state index in [1.54, 1.807) is 4.90 Å². The van der Waals surface area contributed by atoms with Crippen molar-refractivity contribution in [3.05, 3.63) is 58.9 Å². The Balaban J connectivity index is 0.00000306. The molecule has 2 aromatic carbocycles. The average molecular weight is 576 g/mol. The Morgan fingerprint density at radius 2 is 2.00 bits per heavy atom. The summed E-state index contributed by atoms with van der Waals surface area (Å²) in [6, 6.07) is 6.80. The van der Waals surface area contributed by atoms with Gasteiger partial charge in [-0.3, -0.25) is 4.99 Å². The van der Waals surface area contributed by atoms with Crippen LogP contribution in [0, 0.1) is 17.5 Å². The second kappa shape index (κ2) is 11.8. The van der Waals surface area contributed by atoms with Crippen LogP contribution in [-0.4, -0.2) is 45.0 Å². The lowest BCUT2D eigenvalue weighted by Crippen LogP contribution is -2.44. The molecular formula is C23H28F3IN4O2. The Morgan fingerprint density at radius 3 is 2.76 bits per heavy atom. The van der Waals surface area contributed by atoms with Crippen molar-refractivity contribution in [2.45, 2.75) is 32.4 Å². The summed E-state index contributed by atoms with van der Waals surface area (Å²) in [5.41, 5.74) is 1.47. The van der Waals surface area contributed by atoms with Crippen LogP contribution < -0.4 is 20.3 Å². The Hall–Kier alpha value is -2.21. The van der Waals surface area contributed by atoms with Crippen molar-refractivity contribution in [3.63, 3.8) is 0 Å². The summed E-state index contributed by atoms with van der Waals surface area (Å²) in [6.45, 7) is 4.54. The van der Waals surface area contributed by atoms with Crippen molar-refractivity contribution in [3.8, 4) is 5.75 Å². The number of rotatable bonds is 6. The summed E-state index contributed by atoms with van der Waals surface area (Å²) >= 11 is 0. The molecule has 0 saturated carbocycles. The highest BCUT2D eigenvalue weighted by atomic mass is 127. The molecule has 0 aromatic heterocycles. The van der Waals surface area contributed by atoms with Crippen LogP contribution in [-0.2, 0) is 17.8 Å². The van der Waals surface area contributed by atoms with E-state index in [0.717, 1.165) is 12.0 Å². The molecule has 10 heteroatoms. The van der Waals surface area contributed by atoms with Crippen LogP contribution in [0.1, 0.15) is 24.5 Å². The molecule has 6 nitrogen and oxygen atoms in total. The molecule has 2 heterocycles. The number of fused-ring (bicyclic) bond motifs is 1. The molecule has 0 radical (unpaired) electrons. The van der Waals surface area contributed by atoms with Gasteiger partial charge in [0.15, 0.2) is 12.8 Å². The van der Waals surface area contributed by atoms with Gasteiger partial charge in [-0.25, -0.2) is 13.2 Å². The monoisotopic (exact) mass is 576 g/mol. The molecule has 2 N–H and O–H groups in total. The number of hydrogen-bond acceptors (Lipinski definition) is 4. The van der Waals surface area contributed by atoms with Gasteiger partial charge >= 0.3 is 0 Å². The minimum atomic E-state index is -0.558. The highest BCUT2D eigenvalue weighted by molar-refractivity contribution is 14.0. The van der Waals surface area contributed by atoms with E-state index in [1.165, 1.54) is 30.3 Å². The standard InChI is InChI=1S/C23H27F3N4O2.HI/c1-2-27-23(28-8-6-15-10-17(24)11-16-13-31-14-32-22(15)16)29-18-7-9-30(12-18)21-19(25)4-3-5-20(21)26;/h3-5,10-11,18H,2,6-9,12-14H2,1H3,(H2,27,28,29);1H. The zero-order valence-electron chi connectivity index (χ0n) is 18.4. The van der Waals surface area contributed by atoms with Gasteiger partial charge in [-0.1, -0.05) is 6.07 Å². The van der Waals surface area contributed by atoms with Gasteiger partial charge in [0.2, 0.25) is 0 Å². The van der Waals surface area contributed by atoms with Gasteiger partial charge in [0, 0.05) is 37.8 Å². The van der Waals surface area contributed by atoms with E-state index >= 15 is 0 Å². The molecule has 1 fully saturated rings. The Labute approximate surface area is 208 Å². The third-order valence-corrected chi connectivity index (χ3v) is 5.53. The molecule has 2 aliphatic rings. The largest absolute Gasteiger partial charge is 0.467 e. The van der Waals surface area contributed by atoms with Gasteiger partial charge in [0.25, 0.3) is 0 Å². The van der Waals surface area contributed by atoms with E-state index in [0.29, 0.717) is 56.5 Å². The SMILES string of the molecule is CCNC(=NCCc1cc(F)cc2c1OCOC2)NC1CCN(c2c(F)cccc2F)C1.I. The van der Waals surface area contributed by atoms with E-state index in [4.69, 9.17) is 9.47 Å². The number of nitrogens with zero attached hydrogens (tertiary/aromatic N) is 2. The van der Waals surface area contributed by atoms with Crippen molar-refractivity contribution < 1.29 is 22.6 Å². The number of ether oxygens (including phenoxy) is 2. The second-order valence-electron chi connectivity index (χ2n) is 7.82. The van der Waals surface area contributed by atoms with Gasteiger partial charge in [-0.15, -0.1) is 24.0 Å². The molecule has 1 atom stereocenters. The quantitative estimate of drug-likeness (QED) is 0.310. The molecule has 4 rings (SSSR count). The molecule has 1 unspecified atom stereocenters. The lowest BCUT2D eigenvalue weighted by molar-refractivity contribution is -0.0172. The minimum absolute atomic E-state index is 0. The van der Waals surface area contributed by atoms with E-state index in [9.17, 15) is 13.2 Å². The fraction of sp³-hybridized carbons (Fsp3) is 0.435. The summed E-state index contributed by atoms with van der Waals surface area (Å²) in [7, 11) is 0. The fourth-order valence-corrected chi connectivity index (χ4v) is 4.12. The number of para-hydroxylation sites is 1. The molecule has 0 aliphatic carbocycles. The smallest absolute Gasteiger partial charge is 0.191 e. The molecule has 0 bridgehead atoms. The number of aliphatic imine (C=N–C) groups is 1. The lowest BCUT2D eigenvalue weighted by Gasteiger charge is -2.21. The molecule has 33 heavy (non-hydrogen) atoms. The van der Waals surface area contributed by atoms with Crippen molar-refractivity contribution in [2.75, 3.05) is 37.9 Å². The third-order valence-electron chi connectivity index (χ3n) is 5.53. The summed E-state index contributed by atoms with van der Waals surface area (Å²) in [5, 5.41) is 6.54. The van der Waals surface area contributed by atoms with Gasteiger partial charge in [0.1, 0.15) is 28.9 Å². The van der Waals surface area contributed by atoms with Gasteiger partial charge in [-0.05, 0) is 49.6 Å². The first-order chi connectivity index (χ1) is 15.5. The molecule has 0 spiro atoms. The van der Waals surface area contributed by atoms with Gasteiger partial charge < -0.3 is 25.0 Å². The van der Waals surface area contributed by atoms with Gasteiger partial charge in [0.05, 0.1) is 6.61 Å². The molecule has 0 amide bonds. The minimum Gasteiger partial charge on any atom is -0.467 e. The second-order valence-corrected chi connectivity index (χ2v) is 7.82. The zero-order chi connectivity index (χ0) is 22.5. The maximum atomic E-state index is 14.1. The highest BCUT2D eigenvalue weighted by Crippen LogP contribution is 2.30. The first kappa shape index (κ1) is 25.4. The topological polar surface area (TPSA) is 58.1 Å². The fourth-order valence-electron chi connectivity index (χ4n) is 4.12. The van der Waals surface area contributed by atoms with Crippen LogP contribution in [0.25, 0.3) is 0 Å². The van der Waals surface area contributed by atoms with Crippen LogP contribution >= 0.6 is 24.0 Å². The first-order valence-electron chi connectivity index (χ1n) is 10.8. The van der Waals surface area contributed by atoms with E-state index in [1.807, 2.05) is 6.92 Å². The van der Waals surface area contributed by atoms with Crippen LogP contribution in [0.15, 0.2) is 35.3 Å². The van der Waals surface area contributed by atoms with Crippen molar-refractivity contribution in [1.29, 1.82) is 0 Å². The van der Waals surface area contributed by atoms with Crippen LogP contribution in [0.5, 0.6) is 5.75 Å². The predicted octanol–water partition coefficient (Wildman–Crippen LogP) is 3.96. The highest BCUT2D eigenvalue weighted by Gasteiger charge is 2.27. The molecule has 2 aromatic rings. The van der Waals surface area contributed by atoms with Crippen LogP contribution in [0.4, 0.5) is 18.9 Å². The van der Waals surface area contributed by atoms with Crippen molar-refractivity contribution in [1.82, 2.24) is 10.6 Å². The lowest BCUT2D eigenvalue weighted by atomic mass is 10.1. The zero-order valence-corrected chi connectivity index (χ0v) is 20.7. The van der Waals surface area contributed by atoms with E-state index < -0.39 is 11.6 Å². The van der Waals surface area contributed by atoms with E-state index in [2.05, 4.69) is 15.6 Å². The molecule has 1 saturated heterocycles. The maximum absolute atomic E-state index is 14.1. The average Bonchev–Trinajstić information content (AvgIpc) is 3.21. The number of nitrogens with one attached hydrogen (secondary N) is 2. The van der Waals surface area contributed by atoms with Crippen LogP contribution in [0.3, 0.4) is 0 Å². The number of hydrogen-bond donors (Lipinski definition) is 2. The molecule has 180 valence electrons. The maximum Gasteiger partial charge on any atom is 0.191 e. The normalized spacial score (nSPS) is 17.8. The van der Waals surface area contributed by atoms with Crippen LogP contribution in [0.2, 0.25) is 0 Å².